The van der Waals surface area contributed by atoms with E-state index in [1.165, 1.54) is 0 Å². The van der Waals surface area contributed by atoms with Crippen LogP contribution in [0.3, 0.4) is 0 Å². The van der Waals surface area contributed by atoms with E-state index in [9.17, 15) is 0 Å². The van der Waals surface area contributed by atoms with Crippen LogP contribution in [0.15, 0.2) is 58.3 Å². The number of rotatable bonds is 5. The number of fused-ring (bicyclic) bond motifs is 2. The Morgan fingerprint density at radius 1 is 1.00 bits per heavy atom. The molecule has 148 valence electrons. The lowest BCUT2D eigenvalue weighted by Crippen LogP contribution is -2.04. The summed E-state index contributed by atoms with van der Waals surface area (Å²) >= 11 is 2.25. The molecule has 30 heavy (non-hydrogen) atoms. The summed E-state index contributed by atoms with van der Waals surface area (Å²) in [4.78, 5) is 12.3. The lowest BCUT2D eigenvalue weighted by molar-refractivity contribution is 0.314. The first kappa shape index (κ1) is 18.5. The van der Waals surface area contributed by atoms with Gasteiger partial charge in [0.05, 0.1) is 11.9 Å². The zero-order chi connectivity index (χ0) is 20.5. The van der Waals surface area contributed by atoms with Crippen LogP contribution < -0.4 is 10.7 Å². The molecule has 0 fully saturated rings. The molecule has 0 bridgehead atoms. The SMILES string of the molecule is Cc1[nH]c2ccccc2c1/C=N\Nc1nc2nonc2nc1Nc1ccccc1I. The van der Waals surface area contributed by atoms with Crippen LogP contribution in [0.25, 0.3) is 22.2 Å². The summed E-state index contributed by atoms with van der Waals surface area (Å²) in [6, 6.07) is 16.0. The summed E-state index contributed by atoms with van der Waals surface area (Å²) in [5, 5.41) is 16.3. The van der Waals surface area contributed by atoms with Crippen LogP contribution in [-0.2, 0) is 0 Å². The minimum Gasteiger partial charge on any atom is -0.358 e. The van der Waals surface area contributed by atoms with Crippen LogP contribution in [-0.4, -0.2) is 31.5 Å². The molecule has 0 aliphatic rings. The summed E-state index contributed by atoms with van der Waals surface area (Å²) in [7, 11) is 0. The molecule has 0 unspecified atom stereocenters. The third kappa shape index (κ3) is 3.45. The first-order valence-corrected chi connectivity index (χ1v) is 10.1. The highest BCUT2D eigenvalue weighted by Gasteiger charge is 2.14. The Hall–Kier alpha value is -3.54. The third-order valence-corrected chi connectivity index (χ3v) is 5.49. The normalized spacial score (nSPS) is 11.5. The molecule has 0 saturated carbocycles. The van der Waals surface area contributed by atoms with Gasteiger partial charge in [-0.15, -0.1) is 0 Å². The van der Waals surface area contributed by atoms with E-state index in [4.69, 9.17) is 4.63 Å². The average Bonchev–Trinajstić information content (AvgIpc) is 3.33. The largest absolute Gasteiger partial charge is 0.358 e. The Morgan fingerprint density at radius 2 is 1.73 bits per heavy atom. The van der Waals surface area contributed by atoms with Gasteiger partial charge in [-0.25, -0.2) is 9.61 Å². The van der Waals surface area contributed by atoms with Gasteiger partial charge >= 0.3 is 0 Å². The van der Waals surface area contributed by atoms with Crippen LogP contribution in [0.2, 0.25) is 0 Å². The summed E-state index contributed by atoms with van der Waals surface area (Å²) in [6.45, 7) is 2.01. The van der Waals surface area contributed by atoms with Gasteiger partial charge in [-0.3, -0.25) is 5.43 Å². The number of hydrogen-bond donors (Lipinski definition) is 3. The molecule has 0 atom stereocenters. The predicted molar refractivity (Wildman–Crippen MR) is 124 cm³/mol. The average molecular weight is 510 g/mol. The van der Waals surface area contributed by atoms with Gasteiger partial charge in [0.1, 0.15) is 0 Å². The van der Waals surface area contributed by atoms with Crippen molar-refractivity contribution in [3.05, 3.63) is 63.4 Å². The Morgan fingerprint density at radius 3 is 2.57 bits per heavy atom. The van der Waals surface area contributed by atoms with Crippen LogP contribution in [0, 0.1) is 10.5 Å². The molecule has 10 heteroatoms. The summed E-state index contributed by atoms with van der Waals surface area (Å²) < 4.78 is 5.79. The Bertz CT molecular complexity index is 1390. The molecule has 0 amide bonds. The van der Waals surface area contributed by atoms with Gasteiger partial charge in [0.25, 0.3) is 0 Å². The van der Waals surface area contributed by atoms with E-state index in [1.807, 2.05) is 49.4 Å². The number of aromatic nitrogens is 5. The van der Waals surface area contributed by atoms with Gasteiger partial charge in [0.2, 0.25) is 11.3 Å². The van der Waals surface area contributed by atoms with Gasteiger partial charge in [-0.05, 0) is 58.0 Å². The predicted octanol–water partition coefficient (Wildman–Crippen LogP) is 4.60. The molecule has 3 N–H and O–H groups in total. The molecule has 0 spiro atoms. The van der Waals surface area contributed by atoms with E-state index in [2.05, 4.69) is 69.8 Å². The fourth-order valence-corrected chi connectivity index (χ4v) is 3.64. The fraction of sp³-hybridized carbons (Fsp3) is 0.0500. The number of halogens is 1. The summed E-state index contributed by atoms with van der Waals surface area (Å²) in [5.41, 5.74) is 7.56. The number of hydrazone groups is 1. The lowest BCUT2D eigenvalue weighted by Gasteiger charge is -2.10. The van der Waals surface area contributed by atoms with E-state index in [0.717, 1.165) is 31.4 Å². The number of hydrogen-bond acceptors (Lipinski definition) is 8. The minimum absolute atomic E-state index is 0.296. The van der Waals surface area contributed by atoms with Crippen molar-refractivity contribution >= 4 is 68.3 Å². The van der Waals surface area contributed by atoms with Crippen LogP contribution >= 0.6 is 22.6 Å². The Balaban J connectivity index is 1.49. The molecule has 3 aromatic heterocycles. The third-order valence-electron chi connectivity index (χ3n) is 4.55. The smallest absolute Gasteiger partial charge is 0.245 e. The molecular formula is C20H15IN8O. The summed E-state index contributed by atoms with van der Waals surface area (Å²) in [6.07, 6.45) is 1.76. The lowest BCUT2D eigenvalue weighted by atomic mass is 10.1. The highest BCUT2D eigenvalue weighted by atomic mass is 127. The highest BCUT2D eigenvalue weighted by molar-refractivity contribution is 14.1. The molecule has 0 radical (unpaired) electrons. The maximum atomic E-state index is 4.75. The van der Waals surface area contributed by atoms with Crippen LogP contribution in [0.1, 0.15) is 11.3 Å². The maximum absolute atomic E-state index is 4.75. The molecule has 0 saturated heterocycles. The molecule has 2 aromatic carbocycles. The van der Waals surface area contributed by atoms with Crippen molar-refractivity contribution in [3.8, 4) is 0 Å². The molecule has 0 aliphatic carbocycles. The number of nitrogens with zero attached hydrogens (tertiary/aromatic N) is 5. The van der Waals surface area contributed by atoms with Crippen molar-refractivity contribution < 1.29 is 4.63 Å². The van der Waals surface area contributed by atoms with Crippen molar-refractivity contribution in [2.75, 3.05) is 10.7 Å². The standard InChI is InChI=1S/C20H15IN8O/c1-11-13(12-6-2-4-8-15(12)23-11)10-22-27-18-17(24-16-9-5-3-7-14(16)21)25-19-20(26-18)29-30-28-19/h2-10,23H,1H3,(H,24,25,28)(H,26,27,29)/b22-10-. The van der Waals surface area contributed by atoms with Gasteiger partial charge in [0.15, 0.2) is 11.6 Å². The van der Waals surface area contributed by atoms with Gasteiger partial charge in [0, 0.05) is 25.7 Å². The number of benzene rings is 2. The van der Waals surface area contributed by atoms with Crippen LogP contribution in [0.4, 0.5) is 17.3 Å². The van der Waals surface area contributed by atoms with Gasteiger partial charge in [-0.1, -0.05) is 30.3 Å². The summed E-state index contributed by atoms with van der Waals surface area (Å²) in [5.74, 6) is 0.877. The van der Waals surface area contributed by atoms with Crippen LogP contribution in [0.5, 0.6) is 0 Å². The molecule has 5 aromatic rings. The maximum Gasteiger partial charge on any atom is 0.245 e. The monoisotopic (exact) mass is 510 g/mol. The molecule has 9 nitrogen and oxygen atoms in total. The van der Waals surface area contributed by atoms with E-state index in [1.54, 1.807) is 6.21 Å². The second kappa shape index (κ2) is 7.71. The van der Waals surface area contributed by atoms with Crippen molar-refractivity contribution in [2.45, 2.75) is 6.92 Å². The topological polar surface area (TPSA) is 117 Å². The first-order chi connectivity index (χ1) is 14.7. The second-order valence-corrected chi connectivity index (χ2v) is 7.68. The quantitative estimate of drug-likeness (QED) is 0.180. The molecular weight excluding hydrogens is 495 g/mol. The fourth-order valence-electron chi connectivity index (χ4n) is 3.12. The number of anilines is 3. The molecule has 0 aliphatic heterocycles. The number of H-pyrrole nitrogens is 1. The Labute approximate surface area is 184 Å². The van der Waals surface area contributed by atoms with E-state index < -0.39 is 0 Å². The van der Waals surface area contributed by atoms with E-state index >= 15 is 0 Å². The number of nitrogens with one attached hydrogen (secondary N) is 3. The van der Waals surface area contributed by atoms with Crippen molar-refractivity contribution in [3.63, 3.8) is 0 Å². The van der Waals surface area contributed by atoms with E-state index in [0.29, 0.717) is 22.9 Å². The number of para-hydroxylation sites is 2. The zero-order valence-electron chi connectivity index (χ0n) is 15.7. The number of aromatic amines is 1. The molecule has 5 rings (SSSR count). The number of aryl methyl sites for hydroxylation is 1. The van der Waals surface area contributed by atoms with Crippen molar-refractivity contribution in [1.82, 2.24) is 25.3 Å². The highest BCUT2D eigenvalue weighted by Crippen LogP contribution is 2.27. The van der Waals surface area contributed by atoms with Gasteiger partial charge in [-0.2, -0.15) is 10.1 Å². The minimum atomic E-state index is 0.296. The Kier molecular flexibility index (Phi) is 4.75. The zero-order valence-corrected chi connectivity index (χ0v) is 17.9. The molecule has 3 heterocycles. The van der Waals surface area contributed by atoms with Crippen molar-refractivity contribution in [1.29, 1.82) is 0 Å². The van der Waals surface area contributed by atoms with E-state index in [-0.39, 0.29) is 0 Å². The van der Waals surface area contributed by atoms with Gasteiger partial charge < -0.3 is 10.3 Å². The van der Waals surface area contributed by atoms with Crippen molar-refractivity contribution in [2.24, 2.45) is 5.10 Å². The first-order valence-electron chi connectivity index (χ1n) is 9.07. The second-order valence-electron chi connectivity index (χ2n) is 6.52.